The van der Waals surface area contributed by atoms with E-state index in [9.17, 15) is 24.3 Å². The van der Waals surface area contributed by atoms with E-state index in [1.54, 1.807) is 49.9 Å². The number of carboxylic acid groups (broad SMARTS) is 1. The highest BCUT2D eigenvalue weighted by atomic mass is 16.6. The molecule has 3 amide bonds. The highest BCUT2D eigenvalue weighted by Crippen LogP contribution is 2.16. The van der Waals surface area contributed by atoms with Crippen LogP contribution in [0.5, 0.6) is 0 Å². The number of carboxylic acids is 1. The lowest BCUT2D eigenvalue weighted by Gasteiger charge is -2.22. The number of aliphatic carboxylic acids is 1. The Morgan fingerprint density at radius 3 is 2.25 bits per heavy atom. The SMILES string of the molecule is CC(C)(C)OC(=O)N[C@@H](CNC(=O)c1ccc(CN(Cc2nc3ccccc3[nH]2)C(=O)CCc2ccccc2)cc1)C(=O)O. The van der Waals surface area contributed by atoms with Crippen LogP contribution in [0.15, 0.2) is 78.9 Å². The number of para-hydroxylation sites is 2. The molecule has 0 spiro atoms. The van der Waals surface area contributed by atoms with Gasteiger partial charge in [-0.1, -0.05) is 54.6 Å². The molecule has 1 atom stereocenters. The number of rotatable bonds is 12. The first-order valence-corrected chi connectivity index (χ1v) is 14.3. The number of hydrogen-bond acceptors (Lipinski definition) is 6. The molecule has 4 N–H and O–H groups in total. The van der Waals surface area contributed by atoms with Crippen molar-refractivity contribution in [3.63, 3.8) is 0 Å². The minimum absolute atomic E-state index is 0.0340. The maximum atomic E-state index is 13.4. The summed E-state index contributed by atoms with van der Waals surface area (Å²) in [5, 5.41) is 14.2. The zero-order chi connectivity index (χ0) is 31.7. The molecule has 44 heavy (non-hydrogen) atoms. The van der Waals surface area contributed by atoms with Crippen molar-refractivity contribution in [2.75, 3.05) is 6.54 Å². The fourth-order valence-electron chi connectivity index (χ4n) is 4.48. The number of aryl methyl sites for hydroxylation is 1. The number of aromatic amines is 1. The molecule has 11 nitrogen and oxygen atoms in total. The molecule has 3 aromatic carbocycles. The van der Waals surface area contributed by atoms with Crippen molar-refractivity contribution in [1.29, 1.82) is 0 Å². The second-order valence-corrected chi connectivity index (χ2v) is 11.4. The van der Waals surface area contributed by atoms with Gasteiger partial charge in [-0.25, -0.2) is 14.6 Å². The number of ether oxygens (including phenoxy) is 1. The molecule has 0 aliphatic rings. The molecule has 0 saturated carbocycles. The molecule has 4 aromatic rings. The second kappa shape index (κ2) is 14.3. The van der Waals surface area contributed by atoms with E-state index in [2.05, 4.69) is 20.6 Å². The largest absolute Gasteiger partial charge is 0.480 e. The third-order valence-corrected chi connectivity index (χ3v) is 6.65. The molecule has 0 aliphatic carbocycles. The van der Waals surface area contributed by atoms with Crippen LogP contribution < -0.4 is 10.6 Å². The van der Waals surface area contributed by atoms with Crippen LogP contribution in [0.2, 0.25) is 0 Å². The zero-order valence-electron chi connectivity index (χ0n) is 25.0. The summed E-state index contributed by atoms with van der Waals surface area (Å²) in [6, 6.07) is 22.8. The number of benzene rings is 3. The number of imidazole rings is 1. The lowest BCUT2D eigenvalue weighted by atomic mass is 10.1. The van der Waals surface area contributed by atoms with Crippen molar-refractivity contribution in [3.05, 3.63) is 101 Å². The summed E-state index contributed by atoms with van der Waals surface area (Å²) in [4.78, 5) is 59.4. The minimum Gasteiger partial charge on any atom is -0.480 e. The number of alkyl carbamates (subject to hydrolysis) is 1. The molecular weight excluding hydrogens is 562 g/mol. The molecule has 0 aliphatic heterocycles. The Hall–Kier alpha value is -5.19. The molecule has 230 valence electrons. The number of H-pyrrole nitrogens is 1. The molecule has 1 aromatic heterocycles. The molecule has 1 heterocycles. The third-order valence-electron chi connectivity index (χ3n) is 6.65. The zero-order valence-corrected chi connectivity index (χ0v) is 25.0. The van der Waals surface area contributed by atoms with E-state index in [4.69, 9.17) is 4.74 Å². The summed E-state index contributed by atoms with van der Waals surface area (Å²) in [5.41, 5.74) is 3.09. The molecule has 0 radical (unpaired) electrons. The summed E-state index contributed by atoms with van der Waals surface area (Å²) in [6.07, 6.45) is 0.0385. The van der Waals surface area contributed by atoms with Gasteiger partial charge < -0.3 is 30.4 Å². The Balaban J connectivity index is 1.40. The van der Waals surface area contributed by atoms with Crippen LogP contribution in [0.25, 0.3) is 11.0 Å². The molecule has 0 saturated heterocycles. The van der Waals surface area contributed by atoms with Gasteiger partial charge in [0, 0.05) is 25.1 Å². The van der Waals surface area contributed by atoms with Gasteiger partial charge >= 0.3 is 12.1 Å². The van der Waals surface area contributed by atoms with E-state index in [1.165, 1.54) is 0 Å². The van der Waals surface area contributed by atoms with Gasteiger partial charge in [0.2, 0.25) is 5.91 Å². The van der Waals surface area contributed by atoms with Crippen LogP contribution in [0.3, 0.4) is 0 Å². The van der Waals surface area contributed by atoms with Gasteiger partial charge in [-0.3, -0.25) is 9.59 Å². The molecule has 4 rings (SSSR count). The highest BCUT2D eigenvalue weighted by Gasteiger charge is 2.25. The van der Waals surface area contributed by atoms with Gasteiger partial charge in [-0.15, -0.1) is 0 Å². The number of amides is 3. The van der Waals surface area contributed by atoms with E-state index in [-0.39, 0.29) is 19.0 Å². The van der Waals surface area contributed by atoms with Gasteiger partial charge in [0.05, 0.1) is 17.6 Å². The van der Waals surface area contributed by atoms with Gasteiger partial charge in [0.1, 0.15) is 17.5 Å². The van der Waals surface area contributed by atoms with Crippen LogP contribution >= 0.6 is 0 Å². The van der Waals surface area contributed by atoms with Crippen molar-refractivity contribution < 1.29 is 29.0 Å². The summed E-state index contributed by atoms with van der Waals surface area (Å²) in [7, 11) is 0. The average molecular weight is 600 g/mol. The standard InChI is InChI=1S/C33H37N5O6/c1-33(2,3)44-32(43)37-27(31(41)42)19-34-30(40)24-16-13-23(14-17-24)20-38(29(39)18-15-22-9-5-4-6-10-22)21-28-35-25-11-7-8-12-26(25)36-28/h4-14,16-17,27H,15,18-21H2,1-3H3,(H,34,40)(H,35,36)(H,37,43)(H,41,42)/t27-/m0/s1. The van der Waals surface area contributed by atoms with Crippen molar-refractivity contribution in [1.82, 2.24) is 25.5 Å². The van der Waals surface area contributed by atoms with Crippen LogP contribution in [-0.4, -0.2) is 62.0 Å². The first-order chi connectivity index (χ1) is 21.0. The van der Waals surface area contributed by atoms with E-state index in [0.717, 1.165) is 22.2 Å². The monoisotopic (exact) mass is 599 g/mol. The number of aromatic nitrogens is 2. The summed E-state index contributed by atoms with van der Waals surface area (Å²) < 4.78 is 5.10. The predicted octanol–water partition coefficient (Wildman–Crippen LogP) is 4.43. The van der Waals surface area contributed by atoms with Gasteiger partial charge in [-0.2, -0.15) is 0 Å². The Morgan fingerprint density at radius 1 is 0.909 bits per heavy atom. The van der Waals surface area contributed by atoms with E-state index in [1.807, 2.05) is 54.6 Å². The van der Waals surface area contributed by atoms with E-state index in [0.29, 0.717) is 30.8 Å². The van der Waals surface area contributed by atoms with Gasteiger partial charge in [0.15, 0.2) is 0 Å². The van der Waals surface area contributed by atoms with Crippen molar-refractivity contribution >= 4 is 34.9 Å². The number of nitrogens with zero attached hydrogens (tertiary/aromatic N) is 2. The molecular formula is C33H37N5O6. The molecule has 0 bridgehead atoms. The maximum absolute atomic E-state index is 13.4. The molecule has 11 heteroatoms. The van der Waals surface area contributed by atoms with E-state index < -0.39 is 29.6 Å². The quantitative estimate of drug-likeness (QED) is 0.188. The number of fused-ring (bicyclic) bond motifs is 1. The topological polar surface area (TPSA) is 154 Å². The number of carbonyl (C=O) groups is 4. The van der Waals surface area contributed by atoms with Gasteiger partial charge in [0.25, 0.3) is 5.91 Å². The van der Waals surface area contributed by atoms with Crippen LogP contribution in [-0.2, 0) is 33.8 Å². The lowest BCUT2D eigenvalue weighted by molar-refractivity contribution is -0.139. The Morgan fingerprint density at radius 2 is 1.59 bits per heavy atom. The Labute approximate surface area is 255 Å². The maximum Gasteiger partial charge on any atom is 0.408 e. The average Bonchev–Trinajstić information content (AvgIpc) is 3.40. The van der Waals surface area contributed by atoms with Crippen molar-refractivity contribution in [3.8, 4) is 0 Å². The fourth-order valence-corrected chi connectivity index (χ4v) is 4.48. The highest BCUT2D eigenvalue weighted by molar-refractivity contribution is 5.94. The number of carbonyl (C=O) groups excluding carboxylic acids is 3. The smallest absolute Gasteiger partial charge is 0.408 e. The Kier molecular flexibility index (Phi) is 10.3. The number of nitrogens with one attached hydrogen (secondary N) is 3. The number of hydrogen-bond donors (Lipinski definition) is 4. The van der Waals surface area contributed by atoms with Crippen LogP contribution in [0, 0.1) is 0 Å². The summed E-state index contributed by atoms with van der Waals surface area (Å²) in [6.45, 7) is 5.22. The van der Waals surface area contributed by atoms with Crippen LogP contribution in [0.1, 0.15) is 54.5 Å². The van der Waals surface area contributed by atoms with Gasteiger partial charge in [-0.05, 0) is 62.6 Å². The van der Waals surface area contributed by atoms with Crippen molar-refractivity contribution in [2.45, 2.75) is 58.3 Å². The normalized spacial score (nSPS) is 11.9. The minimum atomic E-state index is -1.37. The third kappa shape index (κ3) is 9.41. The first-order valence-electron chi connectivity index (χ1n) is 14.3. The Bertz CT molecular complexity index is 1560. The van der Waals surface area contributed by atoms with E-state index >= 15 is 0 Å². The van der Waals surface area contributed by atoms with Crippen LogP contribution in [0.4, 0.5) is 4.79 Å². The predicted molar refractivity (Wildman–Crippen MR) is 165 cm³/mol. The first kappa shape index (κ1) is 31.7. The summed E-state index contributed by atoms with van der Waals surface area (Å²) in [5.74, 6) is -1.18. The lowest BCUT2D eigenvalue weighted by Crippen LogP contribution is -2.49. The summed E-state index contributed by atoms with van der Waals surface area (Å²) >= 11 is 0. The second-order valence-electron chi connectivity index (χ2n) is 11.4. The molecule has 0 fully saturated rings. The molecule has 0 unspecified atom stereocenters. The fraction of sp³-hybridized carbons (Fsp3) is 0.303. The van der Waals surface area contributed by atoms with Crippen molar-refractivity contribution in [2.24, 2.45) is 0 Å².